The summed E-state index contributed by atoms with van der Waals surface area (Å²) >= 11 is 5.86. The molecule has 6 nitrogen and oxygen atoms in total. The van der Waals surface area contributed by atoms with Crippen LogP contribution in [-0.4, -0.2) is 24.2 Å². The van der Waals surface area contributed by atoms with Gasteiger partial charge in [-0.15, -0.1) is 0 Å². The lowest BCUT2D eigenvalue weighted by Gasteiger charge is -2.15. The van der Waals surface area contributed by atoms with Gasteiger partial charge in [0.25, 0.3) is 5.91 Å². The number of rotatable bonds is 6. The first-order chi connectivity index (χ1) is 13.1. The van der Waals surface area contributed by atoms with Crippen molar-refractivity contribution in [3.05, 3.63) is 77.1 Å². The summed E-state index contributed by atoms with van der Waals surface area (Å²) in [7, 11) is 1.44. The van der Waals surface area contributed by atoms with Gasteiger partial charge in [0.15, 0.2) is 11.4 Å². The third-order valence-corrected chi connectivity index (χ3v) is 4.04. The molecule has 0 fully saturated rings. The van der Waals surface area contributed by atoms with Gasteiger partial charge >= 0.3 is 0 Å². The first kappa shape index (κ1) is 18.4. The molecule has 0 atom stereocenters. The zero-order chi connectivity index (χ0) is 19.2. The van der Waals surface area contributed by atoms with Gasteiger partial charge in [-0.2, -0.15) is 0 Å². The molecule has 7 heteroatoms. The van der Waals surface area contributed by atoms with E-state index in [0.29, 0.717) is 22.0 Å². The number of pyridine rings is 1. The molecule has 136 valence electrons. The van der Waals surface area contributed by atoms with E-state index in [2.05, 4.69) is 15.6 Å². The van der Waals surface area contributed by atoms with Gasteiger partial charge in [-0.25, -0.2) is 4.98 Å². The lowest BCUT2D eigenvalue weighted by atomic mass is 10.1. The number of hydrogen-bond donors (Lipinski definition) is 3. The third-order valence-electron chi connectivity index (χ3n) is 3.79. The fourth-order valence-electron chi connectivity index (χ4n) is 2.52. The van der Waals surface area contributed by atoms with Crippen LogP contribution in [0, 0.1) is 5.41 Å². The van der Waals surface area contributed by atoms with Crippen LogP contribution in [0.25, 0.3) is 0 Å². The zero-order valence-corrected chi connectivity index (χ0v) is 15.2. The molecule has 0 radical (unpaired) electrons. The van der Waals surface area contributed by atoms with Crippen LogP contribution in [0.15, 0.2) is 60.8 Å². The largest absolute Gasteiger partial charge is 0.493 e. The van der Waals surface area contributed by atoms with Crippen molar-refractivity contribution in [3.63, 3.8) is 0 Å². The van der Waals surface area contributed by atoms with E-state index in [1.54, 1.807) is 24.3 Å². The zero-order valence-electron chi connectivity index (χ0n) is 14.5. The maximum atomic E-state index is 12.6. The third kappa shape index (κ3) is 4.24. The number of ether oxygens (including phenoxy) is 1. The van der Waals surface area contributed by atoms with E-state index in [1.165, 1.54) is 13.3 Å². The van der Waals surface area contributed by atoms with Gasteiger partial charge in [0.1, 0.15) is 0 Å². The normalized spacial score (nSPS) is 10.1. The molecule has 3 aromatic rings. The smallest absolute Gasteiger partial charge is 0.278 e. The maximum absolute atomic E-state index is 12.6. The second kappa shape index (κ2) is 8.33. The van der Waals surface area contributed by atoms with Crippen LogP contribution in [0.3, 0.4) is 0 Å². The van der Waals surface area contributed by atoms with E-state index in [4.69, 9.17) is 21.7 Å². The van der Waals surface area contributed by atoms with Gasteiger partial charge in [0.2, 0.25) is 0 Å². The van der Waals surface area contributed by atoms with Crippen LogP contribution in [0.5, 0.6) is 5.75 Å². The lowest BCUT2D eigenvalue weighted by Crippen LogP contribution is -2.16. The molecule has 0 aliphatic carbocycles. The number of methoxy groups -OCH3 is 1. The molecule has 0 spiro atoms. The standard InChI is InChI=1S/C20H17ClN4O2/c1-27-19-16(11-22)17(24-14-5-3-2-4-6-14)12-23-18(19)20(26)25-15-9-7-13(21)8-10-15/h2-12,22,24H,1H3,(H,25,26). The van der Waals surface area contributed by atoms with Gasteiger partial charge < -0.3 is 20.8 Å². The van der Waals surface area contributed by atoms with Crippen LogP contribution in [0.2, 0.25) is 5.02 Å². The van der Waals surface area contributed by atoms with Crippen molar-refractivity contribution in [1.29, 1.82) is 5.41 Å². The Morgan fingerprint density at radius 1 is 1.11 bits per heavy atom. The van der Waals surface area contributed by atoms with Crippen LogP contribution in [-0.2, 0) is 0 Å². The fourth-order valence-corrected chi connectivity index (χ4v) is 2.64. The van der Waals surface area contributed by atoms with E-state index < -0.39 is 5.91 Å². The van der Waals surface area contributed by atoms with Crippen LogP contribution >= 0.6 is 11.6 Å². The highest BCUT2D eigenvalue weighted by atomic mass is 35.5. The Labute approximate surface area is 161 Å². The second-order valence-electron chi connectivity index (χ2n) is 5.56. The Morgan fingerprint density at radius 2 is 1.81 bits per heavy atom. The SMILES string of the molecule is COc1c(C(=O)Nc2ccc(Cl)cc2)ncc(Nc2ccccc2)c1C=N. The average molecular weight is 381 g/mol. The quantitative estimate of drug-likeness (QED) is 0.539. The molecule has 1 heterocycles. The van der Waals surface area contributed by atoms with Crippen LogP contribution < -0.4 is 15.4 Å². The summed E-state index contributed by atoms with van der Waals surface area (Å²) < 4.78 is 5.39. The molecule has 1 aromatic heterocycles. The number of benzene rings is 2. The van der Waals surface area contributed by atoms with Crippen molar-refractivity contribution in [2.24, 2.45) is 0 Å². The summed E-state index contributed by atoms with van der Waals surface area (Å²) in [5.74, 6) is -0.221. The molecule has 2 aromatic carbocycles. The lowest BCUT2D eigenvalue weighted by molar-refractivity contribution is 0.101. The average Bonchev–Trinajstić information content (AvgIpc) is 2.70. The molecule has 1 amide bonds. The van der Waals surface area contributed by atoms with Gasteiger partial charge in [-0.1, -0.05) is 29.8 Å². The highest BCUT2D eigenvalue weighted by Crippen LogP contribution is 2.30. The number of hydrogen-bond acceptors (Lipinski definition) is 5. The van der Waals surface area contributed by atoms with Crippen molar-refractivity contribution in [2.45, 2.75) is 0 Å². The van der Waals surface area contributed by atoms with Crippen LogP contribution in [0.1, 0.15) is 16.1 Å². The molecule has 27 heavy (non-hydrogen) atoms. The van der Waals surface area contributed by atoms with Crippen molar-refractivity contribution >= 4 is 40.8 Å². The summed E-state index contributed by atoms with van der Waals surface area (Å²) in [5, 5.41) is 14.3. The van der Waals surface area contributed by atoms with E-state index in [0.717, 1.165) is 11.9 Å². The molecule has 0 unspecified atom stereocenters. The van der Waals surface area contributed by atoms with E-state index in [-0.39, 0.29) is 11.4 Å². The fraction of sp³-hybridized carbons (Fsp3) is 0.0500. The molecule has 0 bridgehead atoms. The first-order valence-corrected chi connectivity index (χ1v) is 8.46. The number of carbonyl (C=O) groups excluding carboxylic acids is 1. The van der Waals surface area contributed by atoms with E-state index in [9.17, 15) is 4.79 Å². The molecule has 0 saturated heterocycles. The summed E-state index contributed by atoms with van der Waals surface area (Å²) in [6.45, 7) is 0. The number of nitrogens with zero attached hydrogens (tertiary/aromatic N) is 1. The Morgan fingerprint density at radius 3 is 2.44 bits per heavy atom. The summed E-state index contributed by atoms with van der Waals surface area (Å²) in [4.78, 5) is 16.9. The molecule has 0 aliphatic rings. The van der Waals surface area contributed by atoms with Crippen molar-refractivity contribution in [2.75, 3.05) is 17.7 Å². The molecule has 3 N–H and O–H groups in total. The monoisotopic (exact) mass is 380 g/mol. The van der Waals surface area contributed by atoms with Gasteiger partial charge in [-0.05, 0) is 36.4 Å². The van der Waals surface area contributed by atoms with E-state index >= 15 is 0 Å². The first-order valence-electron chi connectivity index (χ1n) is 8.09. The van der Waals surface area contributed by atoms with Gasteiger partial charge in [0.05, 0.1) is 24.6 Å². The maximum Gasteiger partial charge on any atom is 0.278 e. The number of aromatic nitrogens is 1. The summed E-state index contributed by atoms with van der Waals surface area (Å²) in [5.41, 5.74) is 2.50. The topological polar surface area (TPSA) is 87.1 Å². The minimum atomic E-state index is -0.441. The Hall–Kier alpha value is -3.38. The Bertz CT molecular complexity index is 960. The van der Waals surface area contributed by atoms with Crippen molar-refractivity contribution < 1.29 is 9.53 Å². The molecular weight excluding hydrogens is 364 g/mol. The number of halogens is 1. The number of nitrogens with one attached hydrogen (secondary N) is 3. The Balaban J connectivity index is 1.92. The van der Waals surface area contributed by atoms with Crippen molar-refractivity contribution in [3.8, 4) is 5.75 Å². The highest BCUT2D eigenvalue weighted by molar-refractivity contribution is 6.30. The predicted octanol–water partition coefficient (Wildman–Crippen LogP) is 4.74. The number of anilines is 3. The molecule has 0 saturated carbocycles. The second-order valence-corrected chi connectivity index (χ2v) is 6.00. The number of para-hydroxylation sites is 1. The summed E-state index contributed by atoms with van der Waals surface area (Å²) in [6.07, 6.45) is 2.64. The molecule has 3 rings (SSSR count). The molecular formula is C20H17ClN4O2. The highest BCUT2D eigenvalue weighted by Gasteiger charge is 2.20. The van der Waals surface area contributed by atoms with Crippen LogP contribution in [0.4, 0.5) is 17.1 Å². The van der Waals surface area contributed by atoms with E-state index in [1.807, 2.05) is 30.3 Å². The molecule has 0 aliphatic heterocycles. The minimum absolute atomic E-state index is 0.0876. The number of amides is 1. The Kier molecular flexibility index (Phi) is 5.68. The predicted molar refractivity (Wildman–Crippen MR) is 108 cm³/mol. The van der Waals surface area contributed by atoms with Gasteiger partial charge in [0, 0.05) is 22.6 Å². The van der Waals surface area contributed by atoms with Crippen molar-refractivity contribution in [1.82, 2.24) is 4.98 Å². The van der Waals surface area contributed by atoms with Gasteiger partial charge in [-0.3, -0.25) is 4.79 Å². The summed E-state index contributed by atoms with van der Waals surface area (Å²) in [6, 6.07) is 16.2. The number of carbonyl (C=O) groups is 1. The minimum Gasteiger partial charge on any atom is -0.493 e.